The molecule has 0 aliphatic heterocycles. The summed E-state index contributed by atoms with van der Waals surface area (Å²) in [6.07, 6.45) is 1.79. The van der Waals surface area contributed by atoms with Gasteiger partial charge < -0.3 is 10.3 Å². The molecule has 118 valence electrons. The highest BCUT2D eigenvalue weighted by atomic mass is 32.2. The van der Waals surface area contributed by atoms with Crippen molar-refractivity contribution in [3.05, 3.63) is 42.7 Å². The predicted octanol–water partition coefficient (Wildman–Crippen LogP) is 1.21. The molecule has 0 spiro atoms. The van der Waals surface area contributed by atoms with Gasteiger partial charge in [0.1, 0.15) is 11.1 Å². The molecule has 0 saturated carbocycles. The number of carbonyl (C=O) groups excluding carboxylic acids is 1. The zero-order valence-corrected chi connectivity index (χ0v) is 13.2. The normalized spacial score (nSPS) is 13.0. The van der Waals surface area contributed by atoms with Crippen LogP contribution in [0.5, 0.6) is 0 Å². The molecule has 0 radical (unpaired) electrons. The fraction of sp³-hybridized carbons (Fsp3) is 0.333. The number of H-pyrrole nitrogens is 1. The molecule has 1 amide bonds. The summed E-state index contributed by atoms with van der Waals surface area (Å²) in [6, 6.07) is 7.64. The topological polar surface area (TPSA) is 91.9 Å². The fourth-order valence-electron chi connectivity index (χ4n) is 2.04. The van der Waals surface area contributed by atoms with E-state index in [1.807, 2.05) is 24.3 Å². The third kappa shape index (κ3) is 3.73. The largest absolute Gasteiger partial charge is 0.355 e. The number of hydrogen-bond acceptors (Lipinski definition) is 4. The van der Waals surface area contributed by atoms with Gasteiger partial charge in [-0.05, 0) is 19.1 Å². The Hall–Kier alpha value is -2.15. The first-order valence-electron chi connectivity index (χ1n) is 6.98. The van der Waals surface area contributed by atoms with Gasteiger partial charge in [0, 0.05) is 13.0 Å². The van der Waals surface area contributed by atoms with Crippen LogP contribution in [-0.4, -0.2) is 41.8 Å². The molecular formula is C15H19N3O3S. The van der Waals surface area contributed by atoms with Crippen molar-refractivity contribution in [3.8, 4) is 0 Å². The SMILES string of the molecule is C=CCS(=O)(=O)C(C)C(=O)NCCc1nc2ccccc2[nH]1. The number of imidazole rings is 1. The number of sulfone groups is 1. The van der Waals surface area contributed by atoms with Crippen LogP contribution in [0, 0.1) is 0 Å². The van der Waals surface area contributed by atoms with Gasteiger partial charge in [0.2, 0.25) is 5.91 Å². The molecule has 0 bridgehead atoms. The second kappa shape index (κ2) is 6.74. The molecule has 2 aromatic rings. The van der Waals surface area contributed by atoms with Gasteiger partial charge in [0.25, 0.3) is 0 Å². The minimum absolute atomic E-state index is 0.203. The van der Waals surface area contributed by atoms with Crippen LogP contribution >= 0.6 is 0 Å². The zero-order valence-electron chi connectivity index (χ0n) is 12.4. The van der Waals surface area contributed by atoms with Crippen LogP contribution in [0.1, 0.15) is 12.7 Å². The number of fused-ring (bicyclic) bond motifs is 1. The van der Waals surface area contributed by atoms with E-state index in [-0.39, 0.29) is 5.75 Å². The number of aromatic amines is 1. The molecule has 22 heavy (non-hydrogen) atoms. The van der Waals surface area contributed by atoms with Gasteiger partial charge in [-0.1, -0.05) is 18.2 Å². The van der Waals surface area contributed by atoms with Gasteiger partial charge in [-0.15, -0.1) is 6.58 Å². The molecule has 6 nitrogen and oxygen atoms in total. The van der Waals surface area contributed by atoms with Gasteiger partial charge >= 0.3 is 0 Å². The van der Waals surface area contributed by atoms with Crippen molar-refractivity contribution in [3.63, 3.8) is 0 Å². The number of nitrogens with one attached hydrogen (secondary N) is 2. The summed E-state index contributed by atoms with van der Waals surface area (Å²) in [5.74, 6) is 0.0478. The average molecular weight is 321 g/mol. The van der Waals surface area contributed by atoms with E-state index in [0.717, 1.165) is 16.9 Å². The van der Waals surface area contributed by atoms with E-state index in [4.69, 9.17) is 0 Å². The number of hydrogen-bond donors (Lipinski definition) is 2. The van der Waals surface area contributed by atoms with Crippen LogP contribution in [0.4, 0.5) is 0 Å². The molecule has 1 atom stereocenters. The Morgan fingerprint density at radius 1 is 1.45 bits per heavy atom. The minimum atomic E-state index is -3.48. The summed E-state index contributed by atoms with van der Waals surface area (Å²) in [4.78, 5) is 19.4. The van der Waals surface area contributed by atoms with Crippen LogP contribution < -0.4 is 5.32 Å². The molecule has 0 aliphatic rings. The van der Waals surface area contributed by atoms with Crippen LogP contribution in [0.2, 0.25) is 0 Å². The summed E-state index contributed by atoms with van der Waals surface area (Å²) in [5, 5.41) is 1.55. The van der Waals surface area contributed by atoms with Gasteiger partial charge in [0.05, 0.1) is 16.8 Å². The third-order valence-corrected chi connectivity index (χ3v) is 5.35. The summed E-state index contributed by atoms with van der Waals surface area (Å²) in [7, 11) is -3.48. The van der Waals surface area contributed by atoms with Gasteiger partial charge in [-0.3, -0.25) is 4.79 Å². The second-order valence-electron chi connectivity index (χ2n) is 5.00. The number of carbonyl (C=O) groups is 1. The Bertz CT molecular complexity index is 747. The van der Waals surface area contributed by atoms with Gasteiger partial charge in [-0.25, -0.2) is 13.4 Å². The van der Waals surface area contributed by atoms with Crippen LogP contribution in [0.3, 0.4) is 0 Å². The first-order valence-corrected chi connectivity index (χ1v) is 8.69. The number of para-hydroxylation sites is 2. The Kier molecular flexibility index (Phi) is 4.97. The molecule has 2 N–H and O–H groups in total. The Balaban J connectivity index is 1.90. The van der Waals surface area contributed by atoms with Crippen molar-refractivity contribution in [2.24, 2.45) is 0 Å². The van der Waals surface area contributed by atoms with Crippen molar-refractivity contribution in [1.82, 2.24) is 15.3 Å². The minimum Gasteiger partial charge on any atom is -0.355 e. The summed E-state index contributed by atoms with van der Waals surface area (Å²) < 4.78 is 23.5. The average Bonchev–Trinajstić information content (AvgIpc) is 2.88. The maximum Gasteiger partial charge on any atom is 0.238 e. The highest BCUT2D eigenvalue weighted by Crippen LogP contribution is 2.10. The Morgan fingerprint density at radius 2 is 2.18 bits per heavy atom. The van der Waals surface area contributed by atoms with E-state index in [9.17, 15) is 13.2 Å². The third-order valence-electron chi connectivity index (χ3n) is 3.36. The monoisotopic (exact) mass is 321 g/mol. The fourth-order valence-corrected chi connectivity index (χ4v) is 3.07. The van der Waals surface area contributed by atoms with E-state index in [0.29, 0.717) is 13.0 Å². The summed E-state index contributed by atoms with van der Waals surface area (Å²) in [5.41, 5.74) is 1.80. The van der Waals surface area contributed by atoms with Crippen molar-refractivity contribution in [2.75, 3.05) is 12.3 Å². The molecule has 1 heterocycles. The maximum atomic E-state index is 11.9. The molecule has 0 fully saturated rings. The van der Waals surface area contributed by atoms with Gasteiger partial charge in [-0.2, -0.15) is 0 Å². The molecule has 1 unspecified atom stereocenters. The van der Waals surface area contributed by atoms with E-state index < -0.39 is 21.0 Å². The number of aromatic nitrogens is 2. The summed E-state index contributed by atoms with van der Waals surface area (Å²) >= 11 is 0. The molecule has 7 heteroatoms. The van der Waals surface area contributed by atoms with E-state index >= 15 is 0 Å². The lowest BCUT2D eigenvalue weighted by Crippen LogP contribution is -2.39. The number of rotatable bonds is 7. The molecule has 0 saturated heterocycles. The van der Waals surface area contributed by atoms with Crippen molar-refractivity contribution < 1.29 is 13.2 Å². The van der Waals surface area contributed by atoms with E-state index in [1.54, 1.807) is 0 Å². The predicted molar refractivity (Wildman–Crippen MR) is 86.3 cm³/mol. The molecule has 1 aromatic carbocycles. The zero-order chi connectivity index (χ0) is 16.2. The smallest absolute Gasteiger partial charge is 0.238 e. The van der Waals surface area contributed by atoms with E-state index in [2.05, 4.69) is 21.9 Å². The van der Waals surface area contributed by atoms with Crippen molar-refractivity contribution >= 4 is 26.8 Å². The highest BCUT2D eigenvalue weighted by molar-refractivity contribution is 7.92. The molecular weight excluding hydrogens is 302 g/mol. The van der Waals surface area contributed by atoms with Crippen molar-refractivity contribution in [2.45, 2.75) is 18.6 Å². The number of benzene rings is 1. The highest BCUT2D eigenvalue weighted by Gasteiger charge is 2.26. The first-order chi connectivity index (χ1) is 10.4. The van der Waals surface area contributed by atoms with Crippen LogP contribution in [0.25, 0.3) is 11.0 Å². The summed E-state index contributed by atoms with van der Waals surface area (Å²) in [6.45, 7) is 5.10. The number of amides is 1. The van der Waals surface area contributed by atoms with Gasteiger partial charge in [0.15, 0.2) is 9.84 Å². The molecule has 2 rings (SSSR count). The lowest BCUT2D eigenvalue weighted by molar-refractivity contribution is -0.120. The second-order valence-corrected chi connectivity index (χ2v) is 7.37. The lowest BCUT2D eigenvalue weighted by atomic mass is 10.3. The first kappa shape index (κ1) is 16.2. The van der Waals surface area contributed by atoms with Crippen molar-refractivity contribution in [1.29, 1.82) is 0 Å². The molecule has 0 aliphatic carbocycles. The molecule has 1 aromatic heterocycles. The quantitative estimate of drug-likeness (QED) is 0.750. The number of nitrogens with zero attached hydrogens (tertiary/aromatic N) is 1. The Labute approximate surface area is 129 Å². The van der Waals surface area contributed by atoms with Crippen LogP contribution in [0.15, 0.2) is 36.9 Å². The Morgan fingerprint density at radius 3 is 2.86 bits per heavy atom. The van der Waals surface area contributed by atoms with Crippen LogP contribution in [-0.2, 0) is 21.1 Å². The lowest BCUT2D eigenvalue weighted by Gasteiger charge is -2.11. The maximum absolute atomic E-state index is 11.9. The van der Waals surface area contributed by atoms with E-state index in [1.165, 1.54) is 13.0 Å². The standard InChI is InChI=1S/C15H19N3O3S/c1-3-10-22(20,21)11(2)15(19)16-9-8-14-17-12-6-4-5-7-13(12)18-14/h3-7,11H,1,8-10H2,2H3,(H,16,19)(H,17,18).